The van der Waals surface area contributed by atoms with Gasteiger partial charge >= 0.3 is 0 Å². The highest BCUT2D eigenvalue weighted by Crippen LogP contribution is 2.24. The Bertz CT molecular complexity index is 1020. The lowest BCUT2D eigenvalue weighted by Gasteiger charge is -2.32. The van der Waals surface area contributed by atoms with Gasteiger partial charge in [0.1, 0.15) is 5.56 Å². The minimum absolute atomic E-state index is 0.0333. The molecule has 0 aliphatic carbocycles. The maximum Gasteiger partial charge on any atom is 0.259 e. The number of para-hydroxylation sites is 1. The Morgan fingerprint density at radius 2 is 1.77 bits per heavy atom. The summed E-state index contributed by atoms with van der Waals surface area (Å²) < 4.78 is 3.71. The van der Waals surface area contributed by atoms with E-state index in [1.165, 1.54) is 0 Å². The third-order valence-corrected chi connectivity index (χ3v) is 5.98. The first-order chi connectivity index (χ1) is 15.1. The number of likely N-dealkylation sites (tertiary alicyclic amines) is 1. The minimum Gasteiger partial charge on any atom is -0.353 e. The van der Waals surface area contributed by atoms with Crippen LogP contribution in [0.2, 0.25) is 0 Å². The summed E-state index contributed by atoms with van der Waals surface area (Å²) in [6, 6.07) is 13.8. The van der Waals surface area contributed by atoms with Gasteiger partial charge in [0.05, 0.1) is 11.9 Å². The summed E-state index contributed by atoms with van der Waals surface area (Å²) in [5.74, 6) is 0.741. The summed E-state index contributed by atoms with van der Waals surface area (Å²) in [7, 11) is 0. The Morgan fingerprint density at radius 1 is 1.10 bits per heavy atom. The Labute approximate surface area is 182 Å². The number of aromatic nitrogens is 3. The molecule has 4 rings (SSSR count). The van der Waals surface area contributed by atoms with Crippen molar-refractivity contribution in [1.82, 2.24) is 24.6 Å². The van der Waals surface area contributed by atoms with Crippen LogP contribution < -0.4 is 5.32 Å². The first kappa shape index (κ1) is 20.9. The van der Waals surface area contributed by atoms with Crippen LogP contribution in [0.1, 0.15) is 43.5 Å². The van der Waals surface area contributed by atoms with E-state index in [1.54, 1.807) is 10.9 Å². The van der Waals surface area contributed by atoms with E-state index in [0.29, 0.717) is 31.5 Å². The van der Waals surface area contributed by atoms with E-state index in [1.807, 2.05) is 71.2 Å². The molecule has 0 spiro atoms. The Hall–Kier alpha value is -3.35. The van der Waals surface area contributed by atoms with Crippen LogP contribution in [-0.4, -0.2) is 50.2 Å². The van der Waals surface area contributed by atoms with E-state index in [9.17, 15) is 9.59 Å². The van der Waals surface area contributed by atoms with Crippen LogP contribution in [0, 0.1) is 5.92 Å². The molecule has 3 aromatic rings. The molecule has 1 saturated heterocycles. The van der Waals surface area contributed by atoms with Crippen molar-refractivity contribution >= 4 is 11.8 Å². The monoisotopic (exact) mass is 419 g/mol. The average Bonchev–Trinajstić information content (AvgIpc) is 3.49. The van der Waals surface area contributed by atoms with Crippen molar-refractivity contribution in [1.29, 1.82) is 0 Å². The Morgan fingerprint density at radius 3 is 2.42 bits per heavy atom. The molecular formula is C24H29N5O2. The summed E-state index contributed by atoms with van der Waals surface area (Å²) in [5, 5.41) is 7.59. The van der Waals surface area contributed by atoms with Crippen LogP contribution in [-0.2, 0) is 4.79 Å². The number of hydrogen-bond donors (Lipinski definition) is 1. The molecule has 1 atom stereocenters. The van der Waals surface area contributed by atoms with E-state index in [-0.39, 0.29) is 23.8 Å². The zero-order valence-corrected chi connectivity index (χ0v) is 18.1. The van der Waals surface area contributed by atoms with Gasteiger partial charge in [0.25, 0.3) is 5.91 Å². The zero-order chi connectivity index (χ0) is 21.8. The van der Waals surface area contributed by atoms with Gasteiger partial charge in [-0.15, -0.1) is 0 Å². The molecule has 0 radical (unpaired) electrons. The largest absolute Gasteiger partial charge is 0.353 e. The highest BCUT2D eigenvalue weighted by Gasteiger charge is 2.30. The third-order valence-electron chi connectivity index (χ3n) is 5.98. The minimum atomic E-state index is -0.0494. The number of carbonyl (C=O) groups excluding carboxylic acids is 2. The molecule has 1 aliphatic rings. The molecule has 1 aliphatic heterocycles. The molecule has 7 heteroatoms. The van der Waals surface area contributed by atoms with Crippen molar-refractivity contribution in [2.24, 2.45) is 5.92 Å². The zero-order valence-electron chi connectivity index (χ0n) is 18.1. The Kier molecular flexibility index (Phi) is 6.21. The van der Waals surface area contributed by atoms with E-state index >= 15 is 0 Å². The molecule has 1 aromatic carbocycles. The van der Waals surface area contributed by atoms with Gasteiger partial charge in [-0.05, 0) is 50.5 Å². The van der Waals surface area contributed by atoms with Crippen LogP contribution in [0.4, 0.5) is 0 Å². The predicted molar refractivity (Wildman–Crippen MR) is 119 cm³/mol. The van der Waals surface area contributed by atoms with Gasteiger partial charge in [0.15, 0.2) is 5.82 Å². The molecule has 31 heavy (non-hydrogen) atoms. The van der Waals surface area contributed by atoms with Gasteiger partial charge in [-0.1, -0.05) is 25.1 Å². The second-order valence-electron chi connectivity index (χ2n) is 8.10. The van der Waals surface area contributed by atoms with Gasteiger partial charge in [0.2, 0.25) is 5.91 Å². The van der Waals surface area contributed by atoms with Crippen LogP contribution in [0.5, 0.6) is 0 Å². The molecule has 1 fully saturated rings. The molecule has 7 nitrogen and oxygen atoms in total. The summed E-state index contributed by atoms with van der Waals surface area (Å²) in [5.41, 5.74) is 1.45. The normalized spacial score (nSPS) is 15.6. The highest BCUT2D eigenvalue weighted by molar-refractivity contribution is 5.97. The number of carbonyl (C=O) groups is 2. The van der Waals surface area contributed by atoms with Crippen molar-refractivity contribution in [2.75, 3.05) is 13.1 Å². The molecule has 1 N–H and O–H groups in total. The maximum absolute atomic E-state index is 13.4. The molecule has 0 bridgehead atoms. The highest BCUT2D eigenvalue weighted by atomic mass is 16.2. The smallest absolute Gasteiger partial charge is 0.259 e. The van der Waals surface area contributed by atoms with Gasteiger partial charge in [-0.2, -0.15) is 5.10 Å². The number of benzene rings is 1. The topological polar surface area (TPSA) is 72.2 Å². The number of piperidine rings is 1. The third kappa shape index (κ3) is 4.40. The Balaban J connectivity index is 1.54. The molecule has 162 valence electrons. The van der Waals surface area contributed by atoms with Crippen LogP contribution in [0.15, 0.2) is 61.1 Å². The van der Waals surface area contributed by atoms with Crippen molar-refractivity contribution < 1.29 is 9.59 Å². The lowest BCUT2D eigenvalue weighted by molar-refractivity contribution is -0.126. The standard InChI is InChI=1S/C24H29N5O2/c1-3-18(2)26-22(30)19-11-15-28(16-12-19)24(31)21-17-25-29(20-9-5-4-6-10-20)23(21)27-13-7-8-14-27/h4-10,13-14,17-19H,3,11-12,15-16H2,1-2H3,(H,26,30)/t18-/m1/s1. The second-order valence-corrected chi connectivity index (χ2v) is 8.10. The summed E-state index contributed by atoms with van der Waals surface area (Å²) in [6.45, 7) is 5.21. The summed E-state index contributed by atoms with van der Waals surface area (Å²) in [6.07, 6.45) is 7.75. The van der Waals surface area contributed by atoms with Gasteiger partial charge in [0, 0.05) is 37.4 Å². The van der Waals surface area contributed by atoms with E-state index in [0.717, 1.165) is 17.9 Å². The average molecular weight is 420 g/mol. The lowest BCUT2D eigenvalue weighted by atomic mass is 9.95. The SMILES string of the molecule is CC[C@@H](C)NC(=O)C1CCN(C(=O)c2cnn(-c3ccccc3)c2-n2cccc2)CC1. The molecular weight excluding hydrogens is 390 g/mol. The molecule has 0 unspecified atom stereocenters. The van der Waals surface area contributed by atoms with Crippen molar-refractivity contribution in [3.63, 3.8) is 0 Å². The summed E-state index contributed by atoms with van der Waals surface area (Å²) >= 11 is 0. The van der Waals surface area contributed by atoms with Crippen LogP contribution in [0.3, 0.4) is 0 Å². The number of amides is 2. The first-order valence-electron chi connectivity index (χ1n) is 10.9. The fourth-order valence-corrected chi connectivity index (χ4v) is 3.95. The van der Waals surface area contributed by atoms with Crippen LogP contribution in [0.25, 0.3) is 11.5 Å². The van der Waals surface area contributed by atoms with Crippen molar-refractivity contribution in [3.8, 4) is 11.5 Å². The molecule has 2 aromatic heterocycles. The quantitative estimate of drug-likeness (QED) is 0.665. The van der Waals surface area contributed by atoms with E-state index in [4.69, 9.17) is 0 Å². The van der Waals surface area contributed by atoms with E-state index < -0.39 is 0 Å². The predicted octanol–water partition coefficient (Wildman–Crippen LogP) is 3.43. The summed E-state index contributed by atoms with van der Waals surface area (Å²) in [4.78, 5) is 27.7. The fourth-order valence-electron chi connectivity index (χ4n) is 3.95. The van der Waals surface area contributed by atoms with Crippen molar-refractivity contribution in [3.05, 3.63) is 66.6 Å². The number of nitrogens with zero attached hydrogens (tertiary/aromatic N) is 4. The molecule has 0 saturated carbocycles. The molecule has 3 heterocycles. The van der Waals surface area contributed by atoms with E-state index in [2.05, 4.69) is 17.3 Å². The number of nitrogens with one attached hydrogen (secondary N) is 1. The number of rotatable bonds is 6. The van der Waals surface area contributed by atoms with Gasteiger partial charge in [-0.3, -0.25) is 9.59 Å². The number of hydrogen-bond acceptors (Lipinski definition) is 3. The van der Waals surface area contributed by atoms with Crippen molar-refractivity contribution in [2.45, 2.75) is 39.2 Å². The fraction of sp³-hybridized carbons (Fsp3) is 0.375. The van der Waals surface area contributed by atoms with Crippen LogP contribution >= 0.6 is 0 Å². The molecule has 2 amide bonds. The lowest BCUT2D eigenvalue weighted by Crippen LogP contribution is -2.44. The first-order valence-corrected chi connectivity index (χ1v) is 10.9. The van der Waals surface area contributed by atoms with Gasteiger partial charge < -0.3 is 14.8 Å². The maximum atomic E-state index is 13.4. The van der Waals surface area contributed by atoms with Gasteiger partial charge in [-0.25, -0.2) is 4.68 Å². The second kappa shape index (κ2) is 9.20.